The molecule has 2 rings (SSSR count). The first-order valence-corrected chi connectivity index (χ1v) is 6.85. The number of nitrogens with zero attached hydrogens (tertiary/aromatic N) is 2. The molecule has 0 radical (unpaired) electrons. The lowest BCUT2D eigenvalue weighted by Crippen LogP contribution is -2.49. The van der Waals surface area contributed by atoms with E-state index in [4.69, 9.17) is 10.3 Å². The van der Waals surface area contributed by atoms with E-state index in [0.29, 0.717) is 6.54 Å². The molecule has 1 heterocycles. The highest BCUT2D eigenvalue weighted by Gasteiger charge is 2.33. The SMILES string of the molecule is Cc1noc(C)c1CN(C)C(=O)C(C)(N)c1ccccc1. The molecule has 1 aromatic heterocycles. The highest BCUT2D eigenvalue weighted by Crippen LogP contribution is 2.22. The lowest BCUT2D eigenvalue weighted by Gasteiger charge is -2.29. The molecule has 0 aliphatic rings. The fourth-order valence-corrected chi connectivity index (χ4v) is 2.34. The van der Waals surface area contributed by atoms with Crippen molar-refractivity contribution in [3.8, 4) is 0 Å². The summed E-state index contributed by atoms with van der Waals surface area (Å²) in [6.07, 6.45) is 0. The minimum atomic E-state index is -1.06. The van der Waals surface area contributed by atoms with E-state index in [9.17, 15) is 4.79 Å². The average molecular weight is 287 g/mol. The molecule has 2 N–H and O–H groups in total. The molecule has 5 nitrogen and oxygen atoms in total. The number of rotatable bonds is 4. The van der Waals surface area contributed by atoms with Crippen molar-refractivity contribution in [2.45, 2.75) is 32.9 Å². The molecule has 0 aliphatic carbocycles. The molecule has 0 bridgehead atoms. The summed E-state index contributed by atoms with van der Waals surface area (Å²) in [5, 5.41) is 3.90. The number of hydrogen-bond acceptors (Lipinski definition) is 4. The predicted octanol–water partition coefficient (Wildman–Crippen LogP) is 2.12. The molecule has 21 heavy (non-hydrogen) atoms. The van der Waals surface area contributed by atoms with Crippen LogP contribution in [-0.2, 0) is 16.9 Å². The topological polar surface area (TPSA) is 72.4 Å². The minimum absolute atomic E-state index is 0.145. The molecule has 112 valence electrons. The Morgan fingerprint density at radius 1 is 1.33 bits per heavy atom. The Morgan fingerprint density at radius 2 is 1.95 bits per heavy atom. The summed E-state index contributed by atoms with van der Waals surface area (Å²) in [4.78, 5) is 14.3. The number of carbonyl (C=O) groups excluding carboxylic acids is 1. The van der Waals surface area contributed by atoms with Crippen molar-refractivity contribution in [3.63, 3.8) is 0 Å². The van der Waals surface area contributed by atoms with Gasteiger partial charge >= 0.3 is 0 Å². The lowest BCUT2D eigenvalue weighted by atomic mass is 9.91. The summed E-state index contributed by atoms with van der Waals surface area (Å²) in [5.74, 6) is 0.583. The van der Waals surface area contributed by atoms with Gasteiger partial charge in [0.2, 0.25) is 5.91 Å². The predicted molar refractivity (Wildman–Crippen MR) is 80.4 cm³/mol. The molecular weight excluding hydrogens is 266 g/mol. The highest BCUT2D eigenvalue weighted by atomic mass is 16.5. The van der Waals surface area contributed by atoms with Crippen LogP contribution in [0.25, 0.3) is 0 Å². The van der Waals surface area contributed by atoms with Crippen LogP contribution in [0.1, 0.15) is 29.5 Å². The minimum Gasteiger partial charge on any atom is -0.361 e. The van der Waals surface area contributed by atoms with Crippen molar-refractivity contribution < 1.29 is 9.32 Å². The summed E-state index contributed by atoms with van der Waals surface area (Å²) < 4.78 is 5.13. The number of likely N-dealkylation sites (N-methyl/N-ethyl adjacent to an activating group) is 1. The molecule has 1 atom stereocenters. The molecule has 0 saturated heterocycles. The Bertz CT molecular complexity index is 613. The quantitative estimate of drug-likeness (QED) is 0.935. The maximum absolute atomic E-state index is 12.7. The molecule has 1 amide bonds. The molecule has 0 saturated carbocycles. The van der Waals surface area contributed by atoms with E-state index in [-0.39, 0.29) is 5.91 Å². The Labute approximate surface area is 124 Å². The molecule has 0 spiro atoms. The first-order chi connectivity index (χ1) is 9.84. The zero-order chi connectivity index (χ0) is 15.6. The van der Waals surface area contributed by atoms with Crippen LogP contribution in [0.5, 0.6) is 0 Å². The van der Waals surface area contributed by atoms with Crippen LogP contribution >= 0.6 is 0 Å². The number of carbonyl (C=O) groups is 1. The number of aryl methyl sites for hydroxylation is 2. The van der Waals surface area contributed by atoms with Crippen LogP contribution in [0.2, 0.25) is 0 Å². The van der Waals surface area contributed by atoms with Gasteiger partial charge in [0.15, 0.2) is 0 Å². The third kappa shape index (κ3) is 2.97. The van der Waals surface area contributed by atoms with E-state index in [1.165, 1.54) is 0 Å². The number of benzene rings is 1. The standard InChI is InChI=1S/C16H21N3O2/c1-11-14(12(2)21-18-11)10-19(4)15(20)16(3,17)13-8-6-5-7-9-13/h5-9H,10,17H2,1-4H3. The van der Waals surface area contributed by atoms with E-state index in [0.717, 1.165) is 22.6 Å². The van der Waals surface area contributed by atoms with Gasteiger partial charge in [-0.2, -0.15) is 0 Å². The fraction of sp³-hybridized carbons (Fsp3) is 0.375. The summed E-state index contributed by atoms with van der Waals surface area (Å²) in [6.45, 7) is 5.86. The number of amides is 1. The average Bonchev–Trinajstić information content (AvgIpc) is 2.79. The second-order valence-corrected chi connectivity index (χ2v) is 5.53. The van der Waals surface area contributed by atoms with Gasteiger partial charge < -0.3 is 15.2 Å². The van der Waals surface area contributed by atoms with E-state index < -0.39 is 5.54 Å². The Balaban J connectivity index is 2.19. The largest absolute Gasteiger partial charge is 0.361 e. The second-order valence-electron chi connectivity index (χ2n) is 5.53. The molecule has 2 aromatic rings. The molecular formula is C16H21N3O2. The van der Waals surface area contributed by atoms with Crippen LogP contribution in [0.3, 0.4) is 0 Å². The second kappa shape index (κ2) is 5.69. The van der Waals surface area contributed by atoms with E-state index in [1.807, 2.05) is 44.2 Å². The van der Waals surface area contributed by atoms with Crippen LogP contribution in [-0.4, -0.2) is 23.0 Å². The van der Waals surface area contributed by atoms with Crippen molar-refractivity contribution in [2.75, 3.05) is 7.05 Å². The van der Waals surface area contributed by atoms with Gasteiger partial charge in [-0.05, 0) is 26.3 Å². The molecule has 0 fully saturated rings. The highest BCUT2D eigenvalue weighted by molar-refractivity contribution is 5.86. The van der Waals surface area contributed by atoms with Crippen LogP contribution in [0.15, 0.2) is 34.9 Å². The normalized spacial score (nSPS) is 13.8. The lowest BCUT2D eigenvalue weighted by molar-refractivity contribution is -0.136. The van der Waals surface area contributed by atoms with Gasteiger partial charge in [-0.25, -0.2) is 0 Å². The molecule has 1 aromatic carbocycles. The number of aromatic nitrogens is 1. The number of hydrogen-bond donors (Lipinski definition) is 1. The third-order valence-electron chi connectivity index (χ3n) is 3.74. The Kier molecular flexibility index (Phi) is 4.14. The van der Waals surface area contributed by atoms with E-state index in [1.54, 1.807) is 18.9 Å². The first-order valence-electron chi connectivity index (χ1n) is 6.85. The summed E-state index contributed by atoms with van der Waals surface area (Å²) in [6, 6.07) is 9.38. The zero-order valence-corrected chi connectivity index (χ0v) is 12.9. The maximum Gasteiger partial charge on any atom is 0.247 e. The van der Waals surface area contributed by atoms with Gasteiger partial charge in [-0.3, -0.25) is 4.79 Å². The van der Waals surface area contributed by atoms with Gasteiger partial charge in [0, 0.05) is 12.6 Å². The van der Waals surface area contributed by atoms with Crippen molar-refractivity contribution in [2.24, 2.45) is 5.73 Å². The smallest absolute Gasteiger partial charge is 0.247 e. The van der Waals surface area contributed by atoms with Gasteiger partial charge in [0.25, 0.3) is 0 Å². The van der Waals surface area contributed by atoms with Gasteiger partial charge in [-0.1, -0.05) is 35.5 Å². The van der Waals surface area contributed by atoms with Gasteiger partial charge in [0.05, 0.1) is 12.2 Å². The van der Waals surface area contributed by atoms with Crippen molar-refractivity contribution in [1.82, 2.24) is 10.1 Å². The Morgan fingerprint density at radius 3 is 2.48 bits per heavy atom. The van der Waals surface area contributed by atoms with Crippen molar-refractivity contribution >= 4 is 5.91 Å². The molecule has 1 unspecified atom stereocenters. The molecule has 5 heteroatoms. The summed E-state index contributed by atoms with van der Waals surface area (Å²) >= 11 is 0. The Hall–Kier alpha value is -2.14. The monoisotopic (exact) mass is 287 g/mol. The zero-order valence-electron chi connectivity index (χ0n) is 12.9. The fourth-order valence-electron chi connectivity index (χ4n) is 2.34. The summed E-state index contributed by atoms with van der Waals surface area (Å²) in [7, 11) is 1.74. The van der Waals surface area contributed by atoms with E-state index in [2.05, 4.69) is 5.16 Å². The molecule has 0 aliphatic heterocycles. The first kappa shape index (κ1) is 15.3. The van der Waals surface area contributed by atoms with Crippen LogP contribution < -0.4 is 5.73 Å². The summed E-state index contributed by atoms with van der Waals surface area (Å²) in [5.41, 5.74) is 7.71. The van der Waals surface area contributed by atoms with Crippen LogP contribution in [0.4, 0.5) is 0 Å². The van der Waals surface area contributed by atoms with E-state index >= 15 is 0 Å². The van der Waals surface area contributed by atoms with Crippen molar-refractivity contribution in [3.05, 3.63) is 52.9 Å². The van der Waals surface area contributed by atoms with Gasteiger partial charge in [0.1, 0.15) is 11.3 Å². The van der Waals surface area contributed by atoms with Gasteiger partial charge in [-0.15, -0.1) is 0 Å². The third-order valence-corrected chi connectivity index (χ3v) is 3.74. The van der Waals surface area contributed by atoms with Crippen molar-refractivity contribution in [1.29, 1.82) is 0 Å². The van der Waals surface area contributed by atoms with Crippen LogP contribution in [0, 0.1) is 13.8 Å². The maximum atomic E-state index is 12.7. The number of nitrogens with two attached hydrogens (primary N) is 1.